The van der Waals surface area contributed by atoms with Crippen LogP contribution in [0.2, 0.25) is 5.02 Å². The Labute approximate surface area is 159 Å². The molecule has 10 heteroatoms. The fraction of sp³-hybridized carbons (Fsp3) is 0.353. The number of aromatic nitrogens is 4. The number of fused-ring (bicyclic) bond motifs is 1. The Bertz CT molecular complexity index is 1100. The number of aliphatic hydroxyl groups excluding tert-OH is 2. The molecule has 0 fully saturated rings. The molecule has 144 valence electrons. The van der Waals surface area contributed by atoms with Crippen LogP contribution in [-0.2, 0) is 20.6 Å². The van der Waals surface area contributed by atoms with Crippen molar-refractivity contribution in [3.05, 3.63) is 55.7 Å². The number of rotatable bonds is 6. The summed E-state index contributed by atoms with van der Waals surface area (Å²) in [5.74, 6) is 0.306. The van der Waals surface area contributed by atoms with E-state index in [4.69, 9.17) is 16.7 Å². The second-order valence-electron chi connectivity index (χ2n) is 6.21. The van der Waals surface area contributed by atoms with Crippen molar-refractivity contribution in [2.45, 2.75) is 12.6 Å². The third kappa shape index (κ3) is 3.48. The van der Waals surface area contributed by atoms with E-state index in [-0.39, 0.29) is 24.3 Å². The molecule has 0 spiro atoms. The zero-order valence-corrected chi connectivity index (χ0v) is 15.6. The van der Waals surface area contributed by atoms with Crippen molar-refractivity contribution in [3.8, 4) is 0 Å². The van der Waals surface area contributed by atoms with Gasteiger partial charge in [0.05, 0.1) is 19.3 Å². The molecular formula is C17H20ClN5O4. The first-order chi connectivity index (χ1) is 12.8. The zero-order chi connectivity index (χ0) is 19.7. The quantitative estimate of drug-likeness (QED) is 0.539. The summed E-state index contributed by atoms with van der Waals surface area (Å²) in [6, 6.07) is 7.01. The van der Waals surface area contributed by atoms with E-state index in [1.807, 2.05) is 0 Å². The maximum atomic E-state index is 13.0. The molecule has 0 aliphatic carbocycles. The normalized spacial score (nSPS) is 12.5. The average Bonchev–Trinajstić information content (AvgIpc) is 2.99. The van der Waals surface area contributed by atoms with Crippen molar-refractivity contribution in [1.29, 1.82) is 0 Å². The Balaban J connectivity index is 2.12. The highest BCUT2D eigenvalue weighted by Gasteiger charge is 2.19. The minimum atomic E-state index is -0.967. The van der Waals surface area contributed by atoms with Gasteiger partial charge in [0.1, 0.15) is 0 Å². The van der Waals surface area contributed by atoms with Crippen LogP contribution in [0.5, 0.6) is 0 Å². The van der Waals surface area contributed by atoms with Crippen LogP contribution in [0, 0.1) is 0 Å². The number of nitrogens with one attached hydrogen (secondary N) is 1. The molecule has 0 saturated heterocycles. The van der Waals surface area contributed by atoms with Gasteiger partial charge in [-0.3, -0.25) is 13.9 Å². The number of aliphatic hydroxyl groups is 2. The highest BCUT2D eigenvalue weighted by molar-refractivity contribution is 6.31. The number of imidazole rings is 1. The van der Waals surface area contributed by atoms with Crippen LogP contribution in [0.25, 0.3) is 11.2 Å². The van der Waals surface area contributed by atoms with Gasteiger partial charge in [-0.05, 0) is 11.6 Å². The zero-order valence-electron chi connectivity index (χ0n) is 14.9. The van der Waals surface area contributed by atoms with Gasteiger partial charge in [0.2, 0.25) is 5.95 Å². The summed E-state index contributed by atoms with van der Waals surface area (Å²) < 4.78 is 3.92. The average molecular weight is 394 g/mol. The molecule has 1 atom stereocenters. The van der Waals surface area contributed by atoms with Crippen LogP contribution in [0.4, 0.5) is 5.95 Å². The van der Waals surface area contributed by atoms with Gasteiger partial charge in [-0.2, -0.15) is 4.98 Å². The van der Waals surface area contributed by atoms with Gasteiger partial charge in [0.15, 0.2) is 11.2 Å². The maximum Gasteiger partial charge on any atom is 0.332 e. The lowest BCUT2D eigenvalue weighted by atomic mass is 10.2. The topological polar surface area (TPSA) is 114 Å². The van der Waals surface area contributed by atoms with Crippen molar-refractivity contribution in [2.75, 3.05) is 18.5 Å². The number of halogens is 1. The Morgan fingerprint density at radius 3 is 2.59 bits per heavy atom. The largest absolute Gasteiger partial charge is 0.394 e. The summed E-state index contributed by atoms with van der Waals surface area (Å²) in [5.41, 5.74) is 0.129. The molecule has 9 nitrogen and oxygen atoms in total. The second-order valence-corrected chi connectivity index (χ2v) is 6.62. The molecule has 0 amide bonds. The second kappa shape index (κ2) is 7.55. The summed E-state index contributed by atoms with van der Waals surface area (Å²) in [6.45, 7) is -0.312. The summed E-state index contributed by atoms with van der Waals surface area (Å²) in [5, 5.41) is 21.7. The van der Waals surface area contributed by atoms with Crippen molar-refractivity contribution in [1.82, 2.24) is 18.7 Å². The molecule has 0 aliphatic rings. The summed E-state index contributed by atoms with van der Waals surface area (Å²) >= 11 is 6.16. The molecule has 2 aromatic heterocycles. The molecule has 1 unspecified atom stereocenters. The first-order valence-corrected chi connectivity index (χ1v) is 8.65. The lowest BCUT2D eigenvalue weighted by Crippen LogP contribution is -2.39. The third-order valence-electron chi connectivity index (χ3n) is 4.35. The monoisotopic (exact) mass is 393 g/mol. The Morgan fingerprint density at radius 2 is 1.93 bits per heavy atom. The number of anilines is 1. The van der Waals surface area contributed by atoms with Gasteiger partial charge < -0.3 is 20.1 Å². The van der Waals surface area contributed by atoms with Crippen molar-refractivity contribution in [2.24, 2.45) is 14.1 Å². The smallest absolute Gasteiger partial charge is 0.332 e. The van der Waals surface area contributed by atoms with Crippen LogP contribution in [0.1, 0.15) is 5.56 Å². The molecule has 0 aliphatic heterocycles. The van der Waals surface area contributed by atoms with Gasteiger partial charge in [0, 0.05) is 25.7 Å². The van der Waals surface area contributed by atoms with Gasteiger partial charge >= 0.3 is 5.69 Å². The molecule has 3 N–H and O–H groups in total. The number of hydrogen-bond donors (Lipinski definition) is 3. The molecular weight excluding hydrogens is 374 g/mol. The van der Waals surface area contributed by atoms with Crippen LogP contribution < -0.4 is 16.6 Å². The summed E-state index contributed by atoms with van der Waals surface area (Å²) in [4.78, 5) is 30.0. The maximum absolute atomic E-state index is 13.0. The van der Waals surface area contributed by atoms with E-state index in [1.165, 1.54) is 16.2 Å². The van der Waals surface area contributed by atoms with E-state index in [0.717, 1.165) is 4.57 Å². The first kappa shape index (κ1) is 19.2. The van der Waals surface area contributed by atoms with E-state index in [2.05, 4.69) is 10.3 Å². The van der Waals surface area contributed by atoms with E-state index >= 15 is 0 Å². The highest BCUT2D eigenvalue weighted by atomic mass is 35.5. The molecule has 27 heavy (non-hydrogen) atoms. The summed E-state index contributed by atoms with van der Waals surface area (Å²) in [7, 11) is 3.17. The van der Waals surface area contributed by atoms with E-state index < -0.39 is 24.0 Å². The van der Waals surface area contributed by atoms with E-state index in [9.17, 15) is 14.7 Å². The Kier molecular flexibility index (Phi) is 5.36. The predicted octanol–water partition coefficient (Wildman–Crippen LogP) is -0.0995. The SMILES string of the molecule is Cn1c(NCC(O)CO)nc2c1c(=O)n(Cc1ccccc1Cl)c(=O)n2C. The molecule has 2 heterocycles. The van der Waals surface area contributed by atoms with Crippen molar-refractivity contribution >= 4 is 28.7 Å². The van der Waals surface area contributed by atoms with Crippen molar-refractivity contribution in [3.63, 3.8) is 0 Å². The van der Waals surface area contributed by atoms with Crippen LogP contribution in [0.15, 0.2) is 33.9 Å². The van der Waals surface area contributed by atoms with Gasteiger partial charge in [-0.1, -0.05) is 29.8 Å². The third-order valence-corrected chi connectivity index (χ3v) is 4.72. The lowest BCUT2D eigenvalue weighted by Gasteiger charge is -2.10. The molecule has 1 aromatic carbocycles. The Morgan fingerprint density at radius 1 is 1.22 bits per heavy atom. The van der Waals surface area contributed by atoms with E-state index in [0.29, 0.717) is 16.5 Å². The fourth-order valence-electron chi connectivity index (χ4n) is 2.81. The number of nitrogens with zero attached hydrogens (tertiary/aromatic N) is 4. The number of hydrogen-bond acceptors (Lipinski definition) is 6. The molecule has 3 aromatic rings. The van der Waals surface area contributed by atoms with Crippen molar-refractivity contribution < 1.29 is 10.2 Å². The minimum absolute atomic E-state index is 0.0400. The first-order valence-electron chi connectivity index (χ1n) is 8.27. The van der Waals surface area contributed by atoms with E-state index in [1.54, 1.807) is 31.3 Å². The minimum Gasteiger partial charge on any atom is -0.394 e. The van der Waals surface area contributed by atoms with Gasteiger partial charge in [-0.25, -0.2) is 4.79 Å². The fourth-order valence-corrected chi connectivity index (χ4v) is 3.01. The summed E-state index contributed by atoms with van der Waals surface area (Å²) in [6.07, 6.45) is -0.967. The number of aryl methyl sites for hydroxylation is 2. The van der Waals surface area contributed by atoms with Gasteiger partial charge in [0.25, 0.3) is 5.56 Å². The number of benzene rings is 1. The Hall–Kier alpha value is -2.62. The highest BCUT2D eigenvalue weighted by Crippen LogP contribution is 2.16. The molecule has 3 rings (SSSR count). The standard InChI is InChI=1S/C17H20ClN5O4/c1-21-13-14(20-16(21)19-7-11(25)9-24)22(2)17(27)23(15(13)26)8-10-5-3-4-6-12(10)18/h3-6,11,24-25H,7-9H2,1-2H3,(H,19,20). The molecule has 0 radical (unpaired) electrons. The lowest BCUT2D eigenvalue weighted by molar-refractivity contribution is 0.105. The predicted molar refractivity (Wildman–Crippen MR) is 102 cm³/mol. The van der Waals surface area contributed by atoms with Crippen LogP contribution >= 0.6 is 11.6 Å². The molecule has 0 saturated carbocycles. The van der Waals surface area contributed by atoms with Crippen LogP contribution in [-0.4, -0.2) is 48.2 Å². The van der Waals surface area contributed by atoms with Gasteiger partial charge in [-0.15, -0.1) is 0 Å². The molecule has 0 bridgehead atoms. The van der Waals surface area contributed by atoms with Crippen LogP contribution in [0.3, 0.4) is 0 Å².